The smallest absolute Gasteiger partial charge is 0.133 e. The van der Waals surface area contributed by atoms with Crippen molar-refractivity contribution in [3.63, 3.8) is 0 Å². The third-order valence-electron chi connectivity index (χ3n) is 3.51. The molecule has 0 radical (unpaired) electrons. The van der Waals surface area contributed by atoms with E-state index in [-0.39, 0.29) is 6.10 Å². The Labute approximate surface area is 123 Å². The molecule has 0 amide bonds. The van der Waals surface area contributed by atoms with Crippen LogP contribution in [0.5, 0.6) is 5.75 Å². The van der Waals surface area contributed by atoms with E-state index in [4.69, 9.17) is 9.47 Å². The van der Waals surface area contributed by atoms with Crippen LogP contribution in [0, 0.1) is 5.92 Å². The van der Waals surface area contributed by atoms with E-state index in [1.165, 1.54) is 5.56 Å². The molecule has 2 rings (SSSR count). The van der Waals surface area contributed by atoms with Gasteiger partial charge in [-0.05, 0) is 40.0 Å². The van der Waals surface area contributed by atoms with Crippen LogP contribution < -0.4 is 10.1 Å². The van der Waals surface area contributed by atoms with Crippen LogP contribution in [0.15, 0.2) is 22.7 Å². The monoisotopic (exact) mass is 327 g/mol. The molecule has 1 fully saturated rings. The van der Waals surface area contributed by atoms with Crippen molar-refractivity contribution in [3.05, 3.63) is 28.2 Å². The molecular formula is C15H22BrNO2. The molecule has 1 aliphatic rings. The van der Waals surface area contributed by atoms with Crippen LogP contribution in [-0.4, -0.2) is 26.3 Å². The first-order chi connectivity index (χ1) is 9.11. The predicted octanol–water partition coefficient (Wildman–Crippen LogP) is 3.53. The van der Waals surface area contributed by atoms with Gasteiger partial charge in [-0.25, -0.2) is 0 Å². The first kappa shape index (κ1) is 14.8. The lowest BCUT2D eigenvalue weighted by Crippen LogP contribution is -2.30. The average molecular weight is 328 g/mol. The second-order valence-corrected chi connectivity index (χ2v) is 6.15. The molecule has 1 aliphatic heterocycles. The number of methoxy groups -OCH3 is 1. The summed E-state index contributed by atoms with van der Waals surface area (Å²) in [6.07, 6.45) is 1.31. The topological polar surface area (TPSA) is 30.5 Å². The fourth-order valence-corrected chi connectivity index (χ4v) is 3.02. The molecule has 0 spiro atoms. The summed E-state index contributed by atoms with van der Waals surface area (Å²) in [5.41, 5.74) is 1.22. The summed E-state index contributed by atoms with van der Waals surface area (Å²) in [6, 6.07) is 6.72. The minimum atomic E-state index is 0.188. The van der Waals surface area contributed by atoms with Gasteiger partial charge in [0.25, 0.3) is 0 Å². The standard InChI is InChI=1S/C15H22BrNO2/c1-10(2)17-9-12-6-7-19-15(12)11-4-5-14(18-3)13(16)8-11/h4-5,8,10,12,15,17H,6-7,9H2,1-3H3. The first-order valence-electron chi connectivity index (χ1n) is 6.80. The van der Waals surface area contributed by atoms with Gasteiger partial charge >= 0.3 is 0 Å². The van der Waals surface area contributed by atoms with Crippen molar-refractivity contribution >= 4 is 15.9 Å². The van der Waals surface area contributed by atoms with Crippen molar-refractivity contribution in [2.45, 2.75) is 32.4 Å². The highest BCUT2D eigenvalue weighted by Crippen LogP contribution is 2.37. The Kier molecular flexibility index (Phi) is 5.25. The van der Waals surface area contributed by atoms with Gasteiger partial charge < -0.3 is 14.8 Å². The highest BCUT2D eigenvalue weighted by atomic mass is 79.9. The van der Waals surface area contributed by atoms with Gasteiger partial charge in [-0.3, -0.25) is 0 Å². The molecule has 0 bridgehead atoms. The Morgan fingerprint density at radius 2 is 2.26 bits per heavy atom. The minimum Gasteiger partial charge on any atom is -0.496 e. The summed E-state index contributed by atoms with van der Waals surface area (Å²) in [5, 5.41) is 3.51. The van der Waals surface area contributed by atoms with Crippen molar-refractivity contribution < 1.29 is 9.47 Å². The van der Waals surface area contributed by atoms with Crippen molar-refractivity contribution in [1.82, 2.24) is 5.32 Å². The van der Waals surface area contributed by atoms with Gasteiger partial charge in [0, 0.05) is 25.1 Å². The van der Waals surface area contributed by atoms with Crippen LogP contribution in [-0.2, 0) is 4.74 Å². The van der Waals surface area contributed by atoms with Crippen LogP contribution in [0.3, 0.4) is 0 Å². The molecule has 0 saturated carbocycles. The molecule has 106 valence electrons. The van der Waals surface area contributed by atoms with E-state index in [1.54, 1.807) is 7.11 Å². The second kappa shape index (κ2) is 6.73. The van der Waals surface area contributed by atoms with Crippen LogP contribution in [0.2, 0.25) is 0 Å². The van der Waals surface area contributed by atoms with E-state index in [9.17, 15) is 0 Å². The Bertz CT molecular complexity index is 423. The van der Waals surface area contributed by atoms with E-state index in [1.807, 2.05) is 6.07 Å². The van der Waals surface area contributed by atoms with Crippen molar-refractivity contribution in [1.29, 1.82) is 0 Å². The van der Waals surface area contributed by atoms with Gasteiger partial charge in [-0.2, -0.15) is 0 Å². The molecule has 19 heavy (non-hydrogen) atoms. The fraction of sp³-hybridized carbons (Fsp3) is 0.600. The molecule has 1 N–H and O–H groups in total. The maximum atomic E-state index is 5.91. The zero-order valence-electron chi connectivity index (χ0n) is 11.8. The summed E-state index contributed by atoms with van der Waals surface area (Å²) in [5.74, 6) is 1.40. The van der Waals surface area contributed by atoms with Gasteiger partial charge in [-0.15, -0.1) is 0 Å². The number of benzene rings is 1. The largest absolute Gasteiger partial charge is 0.496 e. The molecule has 1 aromatic rings. The third kappa shape index (κ3) is 3.71. The van der Waals surface area contributed by atoms with Crippen LogP contribution in [0.4, 0.5) is 0 Å². The van der Waals surface area contributed by atoms with E-state index in [0.717, 1.165) is 29.8 Å². The average Bonchev–Trinajstić information content (AvgIpc) is 2.84. The van der Waals surface area contributed by atoms with Crippen molar-refractivity contribution in [3.8, 4) is 5.75 Å². The summed E-state index contributed by atoms with van der Waals surface area (Å²) in [7, 11) is 1.68. The quantitative estimate of drug-likeness (QED) is 0.897. The zero-order valence-corrected chi connectivity index (χ0v) is 13.4. The molecule has 1 aromatic carbocycles. The number of nitrogens with one attached hydrogen (secondary N) is 1. The van der Waals surface area contributed by atoms with E-state index < -0.39 is 0 Å². The lowest BCUT2D eigenvalue weighted by atomic mass is 9.95. The maximum absolute atomic E-state index is 5.91. The van der Waals surface area contributed by atoms with Crippen LogP contribution in [0.1, 0.15) is 31.9 Å². The maximum Gasteiger partial charge on any atom is 0.133 e. The Morgan fingerprint density at radius 3 is 2.89 bits per heavy atom. The van der Waals surface area contributed by atoms with Gasteiger partial charge in [0.05, 0.1) is 17.7 Å². The number of halogens is 1. The van der Waals surface area contributed by atoms with Gasteiger partial charge in [-0.1, -0.05) is 19.9 Å². The molecule has 1 heterocycles. The lowest BCUT2D eigenvalue weighted by Gasteiger charge is -2.21. The SMILES string of the molecule is COc1ccc(C2OCCC2CNC(C)C)cc1Br. The molecule has 0 aliphatic carbocycles. The van der Waals surface area contributed by atoms with Crippen LogP contribution >= 0.6 is 15.9 Å². The van der Waals surface area contributed by atoms with E-state index >= 15 is 0 Å². The van der Waals surface area contributed by atoms with E-state index in [2.05, 4.69) is 47.2 Å². The molecule has 4 heteroatoms. The Balaban J connectivity index is 2.09. The summed E-state index contributed by atoms with van der Waals surface area (Å²) in [4.78, 5) is 0. The van der Waals surface area contributed by atoms with Gasteiger partial charge in [0.2, 0.25) is 0 Å². The summed E-state index contributed by atoms with van der Waals surface area (Å²) >= 11 is 3.54. The summed E-state index contributed by atoms with van der Waals surface area (Å²) < 4.78 is 12.2. The Morgan fingerprint density at radius 1 is 1.47 bits per heavy atom. The number of rotatable bonds is 5. The summed E-state index contributed by atoms with van der Waals surface area (Å²) in [6.45, 7) is 6.20. The van der Waals surface area contributed by atoms with E-state index in [0.29, 0.717) is 12.0 Å². The zero-order chi connectivity index (χ0) is 13.8. The molecule has 3 nitrogen and oxygen atoms in total. The van der Waals surface area contributed by atoms with Crippen molar-refractivity contribution in [2.24, 2.45) is 5.92 Å². The Hall–Kier alpha value is -0.580. The number of hydrogen-bond acceptors (Lipinski definition) is 3. The van der Waals surface area contributed by atoms with Crippen molar-refractivity contribution in [2.75, 3.05) is 20.3 Å². The van der Waals surface area contributed by atoms with Gasteiger partial charge in [0.1, 0.15) is 5.75 Å². The minimum absolute atomic E-state index is 0.188. The molecule has 2 atom stereocenters. The number of hydrogen-bond donors (Lipinski definition) is 1. The lowest BCUT2D eigenvalue weighted by molar-refractivity contribution is 0.0900. The molecule has 0 aromatic heterocycles. The van der Waals surface area contributed by atoms with Gasteiger partial charge in [0.15, 0.2) is 0 Å². The normalized spacial score (nSPS) is 23.0. The van der Waals surface area contributed by atoms with Crippen LogP contribution in [0.25, 0.3) is 0 Å². The molecule has 1 saturated heterocycles. The third-order valence-corrected chi connectivity index (χ3v) is 4.13. The predicted molar refractivity (Wildman–Crippen MR) is 80.6 cm³/mol. The molecular weight excluding hydrogens is 306 g/mol. The molecule has 2 unspecified atom stereocenters. The second-order valence-electron chi connectivity index (χ2n) is 5.30. The highest BCUT2D eigenvalue weighted by Gasteiger charge is 2.29. The highest BCUT2D eigenvalue weighted by molar-refractivity contribution is 9.10. The first-order valence-corrected chi connectivity index (χ1v) is 7.59. The fourth-order valence-electron chi connectivity index (χ4n) is 2.46. The number of ether oxygens (including phenoxy) is 2.